The van der Waals surface area contributed by atoms with E-state index in [0.29, 0.717) is 0 Å². The number of aryl methyl sites for hydroxylation is 1. The van der Waals surface area contributed by atoms with Gasteiger partial charge in [0.25, 0.3) is 0 Å². The van der Waals surface area contributed by atoms with Gasteiger partial charge in [0, 0.05) is 17.0 Å². The minimum Gasteiger partial charge on any atom is -0.330 e. The van der Waals surface area contributed by atoms with E-state index < -0.39 is 0 Å². The fourth-order valence-electron chi connectivity index (χ4n) is 1.80. The summed E-state index contributed by atoms with van der Waals surface area (Å²) in [6.45, 7) is 2.81. The van der Waals surface area contributed by atoms with Crippen molar-refractivity contribution in [1.29, 1.82) is 0 Å². The molecule has 0 heterocycles. The van der Waals surface area contributed by atoms with Gasteiger partial charge in [0.2, 0.25) is 0 Å². The Morgan fingerprint density at radius 3 is 2.54 bits per heavy atom. The maximum absolute atomic E-state index is 6.00. The molecular weight excluding hydrogens is 182 g/mol. The number of hydrogen-bond donors (Lipinski definition) is 1. The van der Waals surface area contributed by atoms with E-state index in [-0.39, 0.29) is 5.41 Å². The van der Waals surface area contributed by atoms with Crippen LogP contribution in [0.3, 0.4) is 0 Å². The van der Waals surface area contributed by atoms with Crippen molar-refractivity contribution in [3.8, 4) is 0 Å². The molecule has 70 valence electrons. The van der Waals surface area contributed by atoms with Gasteiger partial charge < -0.3 is 5.73 Å². The Morgan fingerprint density at radius 1 is 1.38 bits per heavy atom. The van der Waals surface area contributed by atoms with Crippen LogP contribution < -0.4 is 5.73 Å². The Morgan fingerprint density at radius 2 is 2.08 bits per heavy atom. The summed E-state index contributed by atoms with van der Waals surface area (Å²) in [5, 5.41) is 0.828. The molecule has 1 aliphatic rings. The lowest BCUT2D eigenvalue weighted by atomic mass is 9.95. The average Bonchev–Trinajstić information content (AvgIpc) is 2.82. The highest BCUT2D eigenvalue weighted by Gasteiger charge is 2.42. The van der Waals surface area contributed by atoms with Crippen LogP contribution in [0.1, 0.15) is 24.0 Å². The van der Waals surface area contributed by atoms with Gasteiger partial charge >= 0.3 is 0 Å². The second kappa shape index (κ2) is 3.00. The van der Waals surface area contributed by atoms with Crippen LogP contribution in [-0.4, -0.2) is 6.54 Å². The molecule has 1 nitrogen and oxygen atoms in total. The smallest absolute Gasteiger partial charge is 0.0411 e. The van der Waals surface area contributed by atoms with Crippen LogP contribution in [0.15, 0.2) is 18.2 Å². The maximum Gasteiger partial charge on any atom is 0.0411 e. The minimum atomic E-state index is 0.260. The third-order valence-corrected chi connectivity index (χ3v) is 3.12. The summed E-state index contributed by atoms with van der Waals surface area (Å²) in [5.41, 5.74) is 8.56. The molecule has 0 radical (unpaired) electrons. The highest BCUT2D eigenvalue weighted by atomic mass is 35.5. The second-order valence-electron chi connectivity index (χ2n) is 4.00. The second-order valence-corrected chi connectivity index (χ2v) is 4.44. The Hall–Kier alpha value is -0.530. The van der Waals surface area contributed by atoms with Crippen LogP contribution in [0.5, 0.6) is 0 Å². The van der Waals surface area contributed by atoms with E-state index in [1.165, 1.54) is 24.0 Å². The van der Waals surface area contributed by atoms with Gasteiger partial charge in [0.1, 0.15) is 0 Å². The average molecular weight is 196 g/mol. The Bertz CT molecular complexity index is 309. The molecule has 0 saturated heterocycles. The van der Waals surface area contributed by atoms with Gasteiger partial charge in [0.05, 0.1) is 0 Å². The van der Waals surface area contributed by atoms with E-state index >= 15 is 0 Å². The van der Waals surface area contributed by atoms with Crippen molar-refractivity contribution in [2.75, 3.05) is 6.54 Å². The van der Waals surface area contributed by atoms with Crippen LogP contribution >= 0.6 is 11.6 Å². The molecule has 1 saturated carbocycles. The van der Waals surface area contributed by atoms with E-state index in [4.69, 9.17) is 17.3 Å². The SMILES string of the molecule is Cc1cc(Cl)cc(C2(CN)CC2)c1. The fraction of sp³-hybridized carbons (Fsp3) is 0.455. The lowest BCUT2D eigenvalue weighted by Crippen LogP contribution is -2.19. The first-order chi connectivity index (χ1) is 6.16. The van der Waals surface area contributed by atoms with Crippen molar-refractivity contribution in [3.05, 3.63) is 34.3 Å². The topological polar surface area (TPSA) is 26.0 Å². The van der Waals surface area contributed by atoms with Crippen molar-refractivity contribution in [2.45, 2.75) is 25.2 Å². The third-order valence-electron chi connectivity index (χ3n) is 2.90. The predicted octanol–water partition coefficient (Wildman–Crippen LogP) is 2.64. The summed E-state index contributed by atoms with van der Waals surface area (Å²) in [5.74, 6) is 0. The van der Waals surface area contributed by atoms with Crippen molar-refractivity contribution < 1.29 is 0 Å². The summed E-state index contributed by atoms with van der Waals surface area (Å²) < 4.78 is 0. The van der Waals surface area contributed by atoms with Gasteiger partial charge in [-0.15, -0.1) is 0 Å². The molecule has 0 amide bonds. The van der Waals surface area contributed by atoms with E-state index in [2.05, 4.69) is 19.1 Å². The highest BCUT2D eigenvalue weighted by molar-refractivity contribution is 6.30. The van der Waals surface area contributed by atoms with Gasteiger partial charge in [-0.1, -0.05) is 17.7 Å². The first kappa shape index (κ1) is 9.04. The highest BCUT2D eigenvalue weighted by Crippen LogP contribution is 2.47. The summed E-state index contributed by atoms with van der Waals surface area (Å²) in [4.78, 5) is 0. The molecular formula is C11H14ClN. The molecule has 0 spiro atoms. The van der Waals surface area contributed by atoms with Crippen LogP contribution in [0.2, 0.25) is 5.02 Å². The molecule has 0 aromatic heterocycles. The molecule has 2 rings (SSSR count). The molecule has 0 atom stereocenters. The molecule has 1 aliphatic carbocycles. The number of benzene rings is 1. The molecule has 0 aliphatic heterocycles. The molecule has 1 fully saturated rings. The van der Waals surface area contributed by atoms with Crippen molar-refractivity contribution >= 4 is 11.6 Å². The van der Waals surface area contributed by atoms with Crippen LogP contribution in [0.25, 0.3) is 0 Å². The lowest BCUT2D eigenvalue weighted by molar-refractivity contribution is 0.704. The largest absolute Gasteiger partial charge is 0.330 e. The fourth-order valence-corrected chi connectivity index (χ4v) is 2.09. The molecule has 1 aromatic carbocycles. The van der Waals surface area contributed by atoms with E-state index in [0.717, 1.165) is 11.6 Å². The van der Waals surface area contributed by atoms with Gasteiger partial charge in [-0.25, -0.2) is 0 Å². The Labute approximate surface area is 83.9 Å². The summed E-state index contributed by atoms with van der Waals surface area (Å²) >= 11 is 6.00. The lowest BCUT2D eigenvalue weighted by Gasteiger charge is -2.13. The zero-order chi connectivity index (χ0) is 9.47. The monoisotopic (exact) mass is 195 g/mol. The molecule has 1 aromatic rings. The van der Waals surface area contributed by atoms with E-state index in [9.17, 15) is 0 Å². The first-order valence-electron chi connectivity index (χ1n) is 4.64. The van der Waals surface area contributed by atoms with Gasteiger partial charge in [-0.2, -0.15) is 0 Å². The normalized spacial score (nSPS) is 18.7. The van der Waals surface area contributed by atoms with Crippen molar-refractivity contribution in [3.63, 3.8) is 0 Å². The van der Waals surface area contributed by atoms with Gasteiger partial charge in [-0.3, -0.25) is 0 Å². The number of hydrogen-bond acceptors (Lipinski definition) is 1. The van der Waals surface area contributed by atoms with Crippen LogP contribution in [0, 0.1) is 6.92 Å². The molecule has 2 N–H and O–H groups in total. The predicted molar refractivity (Wildman–Crippen MR) is 56.2 cm³/mol. The Kier molecular flexibility index (Phi) is 2.09. The number of nitrogens with two attached hydrogens (primary N) is 1. The first-order valence-corrected chi connectivity index (χ1v) is 5.02. The maximum atomic E-state index is 6.00. The van der Waals surface area contributed by atoms with Crippen LogP contribution in [0.4, 0.5) is 0 Å². The summed E-state index contributed by atoms with van der Waals surface area (Å²) in [6.07, 6.45) is 2.42. The van der Waals surface area contributed by atoms with Gasteiger partial charge in [-0.05, 0) is 43.0 Å². The molecule has 0 unspecified atom stereocenters. The standard InChI is InChI=1S/C11H14ClN/c1-8-4-9(6-10(12)5-8)11(7-13)2-3-11/h4-6H,2-3,7,13H2,1H3. The summed E-state index contributed by atoms with van der Waals surface area (Å²) in [7, 11) is 0. The van der Waals surface area contributed by atoms with Crippen molar-refractivity contribution in [1.82, 2.24) is 0 Å². The number of halogens is 1. The number of rotatable bonds is 2. The zero-order valence-electron chi connectivity index (χ0n) is 7.81. The Balaban J connectivity index is 2.40. The third kappa shape index (κ3) is 1.59. The zero-order valence-corrected chi connectivity index (χ0v) is 8.56. The quantitative estimate of drug-likeness (QED) is 0.772. The molecule has 13 heavy (non-hydrogen) atoms. The summed E-state index contributed by atoms with van der Waals surface area (Å²) in [6, 6.07) is 6.23. The van der Waals surface area contributed by atoms with E-state index in [1.807, 2.05) is 6.07 Å². The molecule has 0 bridgehead atoms. The van der Waals surface area contributed by atoms with E-state index in [1.54, 1.807) is 0 Å². The minimum absolute atomic E-state index is 0.260. The molecule has 2 heteroatoms. The van der Waals surface area contributed by atoms with Crippen LogP contribution in [-0.2, 0) is 5.41 Å². The van der Waals surface area contributed by atoms with Crippen molar-refractivity contribution in [2.24, 2.45) is 5.73 Å². The van der Waals surface area contributed by atoms with Gasteiger partial charge in [0.15, 0.2) is 0 Å².